The highest BCUT2D eigenvalue weighted by molar-refractivity contribution is 6.33. The van der Waals surface area contributed by atoms with Crippen molar-refractivity contribution in [2.24, 2.45) is 0 Å². The lowest BCUT2D eigenvalue weighted by atomic mass is 10.1. The molecule has 12 heteroatoms. The standard InChI is InChI=1S/C36H29ClN4O7/c1-20-12-15-29(21(2)18-20)48-17-7-16-40-31(38-27-10-5-3-8-24(27)33(40)43)30(32(42)39-28-11-6-4-9-26(28)37)41-34(44)23-14-13-22(36(46)47)19-25(23)35(41)45/h3-6,8-15,18-19,30H,7,16-17H2,1-2H3,(H,39,42)(H,46,47). The largest absolute Gasteiger partial charge is 0.493 e. The molecule has 0 fully saturated rings. The van der Waals surface area contributed by atoms with Gasteiger partial charge in [0.1, 0.15) is 11.6 Å². The Morgan fingerprint density at radius 2 is 1.65 bits per heavy atom. The number of aromatic carboxylic acids is 1. The molecule has 5 aromatic rings. The monoisotopic (exact) mass is 664 g/mol. The Morgan fingerprint density at radius 1 is 0.917 bits per heavy atom. The number of nitrogens with zero attached hydrogens (tertiary/aromatic N) is 3. The number of nitrogens with one attached hydrogen (secondary N) is 1. The average molecular weight is 665 g/mol. The Hall–Kier alpha value is -5.81. The Labute approximate surface area is 279 Å². The number of carboxylic acid groups (broad SMARTS) is 1. The van der Waals surface area contributed by atoms with Gasteiger partial charge in [-0.2, -0.15) is 0 Å². The minimum absolute atomic E-state index is 0.0269. The second-order valence-electron chi connectivity index (χ2n) is 11.3. The van der Waals surface area contributed by atoms with Gasteiger partial charge in [0.15, 0.2) is 6.04 Å². The molecule has 1 unspecified atom stereocenters. The Balaban J connectivity index is 1.45. The number of aromatic nitrogens is 2. The summed E-state index contributed by atoms with van der Waals surface area (Å²) >= 11 is 6.34. The van der Waals surface area contributed by atoms with E-state index in [2.05, 4.69) is 5.32 Å². The first-order chi connectivity index (χ1) is 23.0. The maximum Gasteiger partial charge on any atom is 0.335 e. The molecule has 2 heterocycles. The third-order valence-corrected chi connectivity index (χ3v) is 8.38. The van der Waals surface area contributed by atoms with E-state index in [-0.39, 0.29) is 57.3 Å². The van der Waals surface area contributed by atoms with Gasteiger partial charge in [0.25, 0.3) is 23.3 Å². The molecule has 4 aromatic carbocycles. The second-order valence-corrected chi connectivity index (χ2v) is 11.7. The molecule has 1 atom stereocenters. The molecule has 6 rings (SSSR count). The molecule has 2 N–H and O–H groups in total. The summed E-state index contributed by atoms with van der Waals surface area (Å²) in [4.78, 5) is 73.2. The molecule has 11 nitrogen and oxygen atoms in total. The minimum atomic E-state index is -1.75. The molecule has 0 spiro atoms. The van der Waals surface area contributed by atoms with Crippen LogP contribution in [0.2, 0.25) is 5.02 Å². The zero-order valence-corrected chi connectivity index (χ0v) is 26.7. The maximum atomic E-state index is 14.3. The topological polar surface area (TPSA) is 148 Å². The molecule has 3 amide bonds. The van der Waals surface area contributed by atoms with Crippen molar-refractivity contribution >= 4 is 51.9 Å². The summed E-state index contributed by atoms with van der Waals surface area (Å²) in [6.07, 6.45) is 0.309. The van der Waals surface area contributed by atoms with Crippen LogP contribution >= 0.6 is 11.6 Å². The van der Waals surface area contributed by atoms with Crippen molar-refractivity contribution in [2.75, 3.05) is 11.9 Å². The van der Waals surface area contributed by atoms with E-state index < -0.39 is 35.3 Å². The van der Waals surface area contributed by atoms with E-state index in [1.807, 2.05) is 32.0 Å². The highest BCUT2D eigenvalue weighted by Gasteiger charge is 2.46. The van der Waals surface area contributed by atoms with Crippen molar-refractivity contribution < 1.29 is 29.0 Å². The van der Waals surface area contributed by atoms with Gasteiger partial charge in [-0.05, 0) is 74.4 Å². The van der Waals surface area contributed by atoms with Gasteiger partial charge in [-0.15, -0.1) is 0 Å². The summed E-state index contributed by atoms with van der Waals surface area (Å²) in [6, 6.07) is 20.5. The fourth-order valence-corrected chi connectivity index (χ4v) is 5.90. The van der Waals surface area contributed by atoms with Crippen LogP contribution < -0.4 is 15.6 Å². The van der Waals surface area contributed by atoms with Gasteiger partial charge in [0.2, 0.25) is 0 Å². The van der Waals surface area contributed by atoms with Gasteiger partial charge < -0.3 is 15.2 Å². The molecule has 1 aromatic heterocycles. The lowest BCUT2D eigenvalue weighted by Gasteiger charge is -2.27. The normalized spacial score (nSPS) is 13.0. The number of rotatable bonds is 10. The van der Waals surface area contributed by atoms with Crippen LogP contribution in [0.3, 0.4) is 0 Å². The molecular weight excluding hydrogens is 636 g/mol. The number of imide groups is 1. The second kappa shape index (κ2) is 13.1. The van der Waals surface area contributed by atoms with Gasteiger partial charge in [-0.25, -0.2) is 9.78 Å². The SMILES string of the molecule is Cc1ccc(OCCCn2c(C(C(=O)Nc3ccccc3Cl)N3C(=O)c4ccc(C(=O)O)cc4C3=O)nc3ccccc3c2=O)c(C)c1. The summed E-state index contributed by atoms with van der Waals surface area (Å²) in [6.45, 7) is 4.15. The van der Waals surface area contributed by atoms with Crippen LogP contribution in [0.4, 0.5) is 5.69 Å². The smallest absolute Gasteiger partial charge is 0.335 e. The van der Waals surface area contributed by atoms with Crippen molar-refractivity contribution in [3.8, 4) is 5.75 Å². The molecule has 48 heavy (non-hydrogen) atoms. The number of ether oxygens (including phenoxy) is 1. The molecular formula is C36H29ClN4O7. The number of halogens is 1. The van der Waals surface area contributed by atoms with Gasteiger partial charge in [-0.3, -0.25) is 28.6 Å². The molecule has 0 radical (unpaired) electrons. The van der Waals surface area contributed by atoms with E-state index in [0.717, 1.165) is 17.2 Å². The van der Waals surface area contributed by atoms with Crippen LogP contribution in [-0.4, -0.2) is 49.9 Å². The first-order valence-corrected chi connectivity index (χ1v) is 15.4. The first-order valence-electron chi connectivity index (χ1n) is 15.1. The third-order valence-electron chi connectivity index (χ3n) is 8.05. The highest BCUT2D eigenvalue weighted by atomic mass is 35.5. The Morgan fingerprint density at radius 3 is 2.40 bits per heavy atom. The van der Waals surface area contributed by atoms with E-state index >= 15 is 0 Å². The average Bonchev–Trinajstić information content (AvgIpc) is 3.31. The molecule has 0 saturated carbocycles. The number of anilines is 1. The molecule has 0 saturated heterocycles. The number of benzene rings is 4. The van der Waals surface area contributed by atoms with Crippen LogP contribution in [0.15, 0.2) is 89.7 Å². The number of aryl methyl sites for hydroxylation is 2. The van der Waals surface area contributed by atoms with E-state index in [1.54, 1.807) is 48.5 Å². The van der Waals surface area contributed by atoms with Crippen molar-refractivity contribution in [2.45, 2.75) is 32.9 Å². The number of carboxylic acids is 1. The number of fused-ring (bicyclic) bond motifs is 2. The molecule has 0 aliphatic carbocycles. The molecule has 1 aliphatic heterocycles. The summed E-state index contributed by atoms with van der Waals surface area (Å²) in [5, 5.41) is 12.7. The van der Waals surface area contributed by atoms with Crippen molar-refractivity contribution in [1.29, 1.82) is 0 Å². The van der Waals surface area contributed by atoms with Crippen molar-refractivity contribution in [1.82, 2.24) is 14.5 Å². The predicted octanol–water partition coefficient (Wildman–Crippen LogP) is 5.81. The zero-order valence-electron chi connectivity index (χ0n) is 25.9. The number of carbonyl (C=O) groups is 4. The van der Waals surface area contributed by atoms with Crippen LogP contribution in [0, 0.1) is 13.8 Å². The van der Waals surface area contributed by atoms with E-state index in [0.29, 0.717) is 17.1 Å². The molecule has 1 aliphatic rings. The summed E-state index contributed by atoms with van der Waals surface area (Å²) in [7, 11) is 0. The number of hydrogen-bond acceptors (Lipinski definition) is 7. The summed E-state index contributed by atoms with van der Waals surface area (Å²) < 4.78 is 7.27. The minimum Gasteiger partial charge on any atom is -0.493 e. The van der Waals surface area contributed by atoms with E-state index in [4.69, 9.17) is 21.3 Å². The number of hydrogen-bond donors (Lipinski definition) is 2. The van der Waals surface area contributed by atoms with E-state index in [9.17, 15) is 29.1 Å². The van der Waals surface area contributed by atoms with Gasteiger partial charge in [0, 0.05) is 6.54 Å². The number of amides is 3. The third kappa shape index (κ3) is 6.03. The fourth-order valence-electron chi connectivity index (χ4n) is 5.72. The lowest BCUT2D eigenvalue weighted by Crippen LogP contribution is -2.44. The van der Waals surface area contributed by atoms with E-state index in [1.165, 1.54) is 16.7 Å². The van der Waals surface area contributed by atoms with Gasteiger partial charge in [0.05, 0.1) is 44.9 Å². The lowest BCUT2D eigenvalue weighted by molar-refractivity contribution is -0.120. The first kappa shape index (κ1) is 32.1. The number of carbonyl (C=O) groups excluding carboxylic acids is 3. The Kier molecular flexibility index (Phi) is 8.79. The van der Waals surface area contributed by atoms with Gasteiger partial charge in [-0.1, -0.05) is 53.6 Å². The van der Waals surface area contributed by atoms with Crippen molar-refractivity contribution in [3.05, 3.63) is 134 Å². The van der Waals surface area contributed by atoms with Crippen LogP contribution in [0.5, 0.6) is 5.75 Å². The number of para-hydroxylation sites is 2. The predicted molar refractivity (Wildman–Crippen MR) is 179 cm³/mol. The molecule has 0 bridgehead atoms. The highest BCUT2D eigenvalue weighted by Crippen LogP contribution is 2.34. The summed E-state index contributed by atoms with van der Waals surface area (Å²) in [5.74, 6) is -3.39. The van der Waals surface area contributed by atoms with Gasteiger partial charge >= 0.3 is 5.97 Å². The van der Waals surface area contributed by atoms with Crippen molar-refractivity contribution in [3.63, 3.8) is 0 Å². The quantitative estimate of drug-likeness (QED) is 0.140. The fraction of sp³-hybridized carbons (Fsp3) is 0.167. The van der Waals surface area contributed by atoms with Crippen LogP contribution in [0.25, 0.3) is 10.9 Å². The zero-order chi connectivity index (χ0) is 34.1. The molecule has 242 valence electrons. The Bertz CT molecular complexity index is 2200. The van der Waals surface area contributed by atoms with Crippen LogP contribution in [0.1, 0.15) is 60.5 Å². The van der Waals surface area contributed by atoms with Crippen LogP contribution in [-0.2, 0) is 11.3 Å². The summed E-state index contributed by atoms with van der Waals surface area (Å²) in [5.41, 5.74) is 1.53. The maximum absolute atomic E-state index is 14.3.